The van der Waals surface area contributed by atoms with Crippen molar-refractivity contribution >= 4 is 5.78 Å². The smallest absolute Gasteiger partial charge is 0.160 e. The number of carbonyl (C=O) groups is 1. The normalized spacial score (nSPS) is 25.7. The first kappa shape index (κ1) is 8.45. The van der Waals surface area contributed by atoms with Gasteiger partial charge in [-0.25, -0.2) is 0 Å². The van der Waals surface area contributed by atoms with E-state index in [9.17, 15) is 9.90 Å². The first-order valence-corrected chi connectivity index (χ1v) is 4.48. The van der Waals surface area contributed by atoms with Gasteiger partial charge in [0.1, 0.15) is 0 Å². The van der Waals surface area contributed by atoms with E-state index in [1.54, 1.807) is 6.92 Å². The van der Waals surface area contributed by atoms with Crippen LogP contribution in [-0.4, -0.2) is 17.0 Å². The van der Waals surface area contributed by atoms with Crippen molar-refractivity contribution in [1.82, 2.24) is 0 Å². The standard InChI is InChI=1S/C11H12O2/c1-7(12)8-4-2-3-5-9(8)10-6-11(10)13/h2-5,10-11,13H,6H2,1H3. The van der Waals surface area contributed by atoms with Gasteiger partial charge < -0.3 is 5.11 Å². The molecule has 2 unspecified atom stereocenters. The Bertz CT molecular complexity index is 344. The highest BCUT2D eigenvalue weighted by molar-refractivity contribution is 5.95. The number of aliphatic hydroxyl groups is 1. The minimum Gasteiger partial charge on any atom is -0.392 e. The number of benzene rings is 1. The van der Waals surface area contributed by atoms with Crippen LogP contribution in [0.25, 0.3) is 0 Å². The monoisotopic (exact) mass is 176 g/mol. The fourth-order valence-electron chi connectivity index (χ4n) is 1.66. The van der Waals surface area contributed by atoms with Crippen molar-refractivity contribution in [3.05, 3.63) is 35.4 Å². The topological polar surface area (TPSA) is 37.3 Å². The molecule has 0 amide bonds. The number of Topliss-reactive ketones (excluding diaryl/α,β-unsaturated/α-hetero) is 1. The molecule has 1 aliphatic rings. The van der Waals surface area contributed by atoms with Gasteiger partial charge in [-0.15, -0.1) is 0 Å². The van der Waals surface area contributed by atoms with E-state index in [-0.39, 0.29) is 17.8 Å². The van der Waals surface area contributed by atoms with Gasteiger partial charge >= 0.3 is 0 Å². The van der Waals surface area contributed by atoms with Crippen LogP contribution in [0.3, 0.4) is 0 Å². The summed E-state index contributed by atoms with van der Waals surface area (Å²) < 4.78 is 0. The van der Waals surface area contributed by atoms with Crippen LogP contribution in [0.4, 0.5) is 0 Å². The molecular formula is C11H12O2. The Morgan fingerprint density at radius 2 is 2.08 bits per heavy atom. The number of rotatable bonds is 2. The molecule has 1 N–H and O–H groups in total. The Kier molecular flexibility index (Phi) is 1.93. The summed E-state index contributed by atoms with van der Waals surface area (Å²) in [5, 5.41) is 9.27. The molecule has 1 aromatic rings. The third kappa shape index (κ3) is 1.49. The third-order valence-electron chi connectivity index (χ3n) is 2.50. The molecule has 0 spiro atoms. The van der Waals surface area contributed by atoms with Gasteiger partial charge in [0.15, 0.2) is 5.78 Å². The van der Waals surface area contributed by atoms with Gasteiger partial charge in [0.25, 0.3) is 0 Å². The van der Waals surface area contributed by atoms with Crippen LogP contribution in [0.1, 0.15) is 35.2 Å². The van der Waals surface area contributed by atoms with Crippen molar-refractivity contribution in [1.29, 1.82) is 0 Å². The summed E-state index contributed by atoms with van der Waals surface area (Å²) >= 11 is 0. The molecule has 2 atom stereocenters. The highest BCUT2D eigenvalue weighted by Crippen LogP contribution is 2.42. The number of ketones is 1. The molecule has 0 aromatic heterocycles. The van der Waals surface area contributed by atoms with Crippen molar-refractivity contribution in [2.75, 3.05) is 0 Å². The van der Waals surface area contributed by atoms with Crippen LogP contribution in [0.5, 0.6) is 0 Å². The highest BCUT2D eigenvalue weighted by atomic mass is 16.3. The molecule has 1 saturated carbocycles. The maximum absolute atomic E-state index is 11.2. The van der Waals surface area contributed by atoms with Gasteiger partial charge in [0.05, 0.1) is 6.10 Å². The first-order valence-electron chi connectivity index (χ1n) is 4.48. The van der Waals surface area contributed by atoms with Crippen LogP contribution in [-0.2, 0) is 0 Å². The summed E-state index contributed by atoms with van der Waals surface area (Å²) in [6.07, 6.45) is 0.560. The summed E-state index contributed by atoms with van der Waals surface area (Å²) in [5.74, 6) is 0.273. The average molecular weight is 176 g/mol. The molecule has 0 aliphatic heterocycles. The SMILES string of the molecule is CC(=O)c1ccccc1C1CC1O. The summed E-state index contributed by atoms with van der Waals surface area (Å²) in [4.78, 5) is 11.2. The zero-order valence-corrected chi connectivity index (χ0v) is 7.53. The highest BCUT2D eigenvalue weighted by Gasteiger charge is 2.38. The largest absolute Gasteiger partial charge is 0.392 e. The average Bonchev–Trinajstić information content (AvgIpc) is 2.82. The second-order valence-corrected chi connectivity index (χ2v) is 3.55. The van der Waals surface area contributed by atoms with Crippen LogP contribution in [0.2, 0.25) is 0 Å². The summed E-state index contributed by atoms with van der Waals surface area (Å²) in [7, 11) is 0. The molecule has 1 fully saturated rings. The zero-order valence-electron chi connectivity index (χ0n) is 7.53. The molecule has 0 heterocycles. The van der Waals surface area contributed by atoms with E-state index in [1.807, 2.05) is 24.3 Å². The lowest BCUT2D eigenvalue weighted by Gasteiger charge is -2.03. The quantitative estimate of drug-likeness (QED) is 0.697. The second kappa shape index (κ2) is 2.96. The molecule has 0 radical (unpaired) electrons. The van der Waals surface area contributed by atoms with Crippen molar-refractivity contribution in [2.24, 2.45) is 0 Å². The number of carbonyl (C=O) groups excluding carboxylic acids is 1. The fourth-order valence-corrected chi connectivity index (χ4v) is 1.66. The predicted molar refractivity (Wildman–Crippen MR) is 49.8 cm³/mol. The Hall–Kier alpha value is -1.15. The number of aliphatic hydroxyl groups excluding tert-OH is 1. The summed E-state index contributed by atoms with van der Waals surface area (Å²) in [6, 6.07) is 7.52. The summed E-state index contributed by atoms with van der Waals surface area (Å²) in [6.45, 7) is 1.56. The molecule has 2 nitrogen and oxygen atoms in total. The molecule has 1 aliphatic carbocycles. The van der Waals surface area contributed by atoms with E-state index in [2.05, 4.69) is 0 Å². The molecular weight excluding hydrogens is 164 g/mol. The summed E-state index contributed by atoms with van der Waals surface area (Å²) in [5.41, 5.74) is 1.76. The van der Waals surface area contributed by atoms with E-state index in [0.717, 1.165) is 17.5 Å². The van der Waals surface area contributed by atoms with Gasteiger partial charge in [0, 0.05) is 11.5 Å². The predicted octanol–water partition coefficient (Wildman–Crippen LogP) is 1.74. The molecule has 0 bridgehead atoms. The Morgan fingerprint density at radius 1 is 1.46 bits per heavy atom. The third-order valence-corrected chi connectivity index (χ3v) is 2.50. The van der Waals surface area contributed by atoms with Crippen molar-refractivity contribution in [2.45, 2.75) is 25.4 Å². The maximum atomic E-state index is 11.2. The van der Waals surface area contributed by atoms with Crippen LogP contribution in [0, 0.1) is 0 Å². The van der Waals surface area contributed by atoms with Crippen LogP contribution in [0.15, 0.2) is 24.3 Å². The lowest BCUT2D eigenvalue weighted by molar-refractivity contribution is 0.101. The van der Waals surface area contributed by atoms with Crippen molar-refractivity contribution < 1.29 is 9.90 Å². The molecule has 13 heavy (non-hydrogen) atoms. The molecule has 2 rings (SSSR count). The fraction of sp³-hybridized carbons (Fsp3) is 0.364. The van der Waals surface area contributed by atoms with Crippen LogP contribution < -0.4 is 0 Å². The van der Waals surface area contributed by atoms with Gasteiger partial charge in [-0.05, 0) is 18.9 Å². The first-order chi connectivity index (χ1) is 6.20. The zero-order chi connectivity index (χ0) is 9.42. The Morgan fingerprint density at radius 3 is 2.62 bits per heavy atom. The maximum Gasteiger partial charge on any atom is 0.160 e. The van der Waals surface area contributed by atoms with Crippen molar-refractivity contribution in [3.63, 3.8) is 0 Å². The Balaban J connectivity index is 2.38. The molecule has 2 heteroatoms. The molecule has 0 saturated heterocycles. The van der Waals surface area contributed by atoms with E-state index in [0.29, 0.717) is 0 Å². The molecule has 1 aromatic carbocycles. The Labute approximate surface area is 77.2 Å². The van der Waals surface area contributed by atoms with Gasteiger partial charge in [-0.2, -0.15) is 0 Å². The van der Waals surface area contributed by atoms with Gasteiger partial charge in [-0.1, -0.05) is 24.3 Å². The van der Waals surface area contributed by atoms with Crippen LogP contribution >= 0.6 is 0 Å². The minimum absolute atomic E-state index is 0.0784. The van der Waals surface area contributed by atoms with E-state index >= 15 is 0 Å². The van der Waals surface area contributed by atoms with E-state index in [4.69, 9.17) is 0 Å². The van der Waals surface area contributed by atoms with Gasteiger partial charge in [-0.3, -0.25) is 4.79 Å². The van der Waals surface area contributed by atoms with E-state index < -0.39 is 0 Å². The van der Waals surface area contributed by atoms with Crippen molar-refractivity contribution in [3.8, 4) is 0 Å². The van der Waals surface area contributed by atoms with Gasteiger partial charge in [0.2, 0.25) is 0 Å². The lowest BCUT2D eigenvalue weighted by Crippen LogP contribution is -1.99. The number of hydrogen-bond acceptors (Lipinski definition) is 2. The minimum atomic E-state index is -0.236. The number of hydrogen-bond donors (Lipinski definition) is 1. The second-order valence-electron chi connectivity index (χ2n) is 3.55. The van der Waals surface area contributed by atoms with E-state index in [1.165, 1.54) is 0 Å². The lowest BCUT2D eigenvalue weighted by atomic mass is 10.0. The molecule has 68 valence electrons.